The summed E-state index contributed by atoms with van der Waals surface area (Å²) in [5.41, 5.74) is 7.11. The first kappa shape index (κ1) is 16.5. The molecular weight excluding hydrogens is 361 g/mol. The quantitative estimate of drug-likeness (QED) is 0.759. The number of hydrogen-bond acceptors (Lipinski definition) is 5. The van der Waals surface area contributed by atoms with Gasteiger partial charge >= 0.3 is 0 Å². The summed E-state index contributed by atoms with van der Waals surface area (Å²) in [6.45, 7) is 0. The number of amides is 1. The number of carbonyl (C=O) groups is 1. The largest absolute Gasteiger partial charge is 0.479 e. The van der Waals surface area contributed by atoms with Gasteiger partial charge in [0.1, 0.15) is 11.6 Å². The van der Waals surface area contributed by atoms with Crippen molar-refractivity contribution in [3.63, 3.8) is 0 Å². The maximum Gasteiger partial charge on any atom is 0.259 e. The van der Waals surface area contributed by atoms with Crippen LogP contribution in [0, 0.1) is 12.2 Å². The minimum absolute atomic E-state index is 0.131. The highest BCUT2D eigenvalue weighted by Gasteiger charge is 2.29. The van der Waals surface area contributed by atoms with Gasteiger partial charge in [-0.05, 0) is 34.5 Å². The van der Waals surface area contributed by atoms with Gasteiger partial charge < -0.3 is 10.5 Å². The zero-order valence-corrected chi connectivity index (χ0v) is 14.2. The highest BCUT2D eigenvalue weighted by Crippen LogP contribution is 2.39. The predicted octanol–water partition coefficient (Wildman–Crippen LogP) is 2.01. The molecule has 0 fully saturated rings. The Kier molecular flexibility index (Phi) is 3.84. The van der Waals surface area contributed by atoms with Crippen molar-refractivity contribution in [2.24, 2.45) is 12.8 Å². The van der Waals surface area contributed by atoms with Crippen LogP contribution in [0.3, 0.4) is 0 Å². The molecule has 130 valence electrons. The topological polar surface area (TPSA) is 95.9 Å². The molecule has 4 rings (SSSR count). The Balaban J connectivity index is 1.85. The molecule has 2 heterocycles. The third-order valence-electron chi connectivity index (χ3n) is 3.87. The highest BCUT2D eigenvalue weighted by molar-refractivity contribution is 6.31. The normalized spacial score (nSPS) is 15.6. The monoisotopic (exact) mass is 371 g/mol. The lowest BCUT2D eigenvalue weighted by Crippen LogP contribution is -2.30. The summed E-state index contributed by atoms with van der Waals surface area (Å²) < 4.78 is 20.1. The van der Waals surface area contributed by atoms with Crippen LogP contribution in [0.25, 0.3) is 22.5 Å². The summed E-state index contributed by atoms with van der Waals surface area (Å²) >= 11 is 6.04. The van der Waals surface area contributed by atoms with Crippen LogP contribution in [0.2, 0.25) is 5.02 Å². The first-order chi connectivity index (χ1) is 12.4. The van der Waals surface area contributed by atoms with Crippen molar-refractivity contribution in [1.29, 1.82) is 0 Å². The van der Waals surface area contributed by atoms with Crippen LogP contribution in [0.4, 0.5) is 4.39 Å². The number of primary amides is 1. The summed E-state index contributed by atoms with van der Waals surface area (Å²) in [5, 5.41) is 11.9. The summed E-state index contributed by atoms with van der Waals surface area (Å²) in [7, 11) is 1.59. The molecule has 3 aromatic rings. The van der Waals surface area contributed by atoms with E-state index in [-0.39, 0.29) is 16.4 Å². The number of nitrogens with zero attached hydrogens (tertiary/aromatic N) is 4. The van der Waals surface area contributed by atoms with Gasteiger partial charge in [0.2, 0.25) is 5.82 Å². The van der Waals surface area contributed by atoms with E-state index in [9.17, 15) is 9.18 Å². The maximum absolute atomic E-state index is 14.6. The van der Waals surface area contributed by atoms with E-state index in [0.29, 0.717) is 22.4 Å². The zero-order chi connectivity index (χ0) is 18.4. The predicted molar refractivity (Wildman–Crippen MR) is 90.6 cm³/mol. The van der Waals surface area contributed by atoms with Crippen molar-refractivity contribution >= 4 is 17.5 Å². The molecule has 1 atom stereocenters. The van der Waals surface area contributed by atoms with Gasteiger partial charge in [0, 0.05) is 10.6 Å². The number of halogens is 2. The number of fused-ring (bicyclic) bond motifs is 1. The molecule has 0 spiro atoms. The van der Waals surface area contributed by atoms with E-state index in [1.54, 1.807) is 31.3 Å². The lowest BCUT2D eigenvalue weighted by molar-refractivity contribution is -0.122. The molecule has 0 saturated carbocycles. The lowest BCUT2D eigenvalue weighted by atomic mass is 9.97. The second kappa shape index (κ2) is 6.06. The number of benzene rings is 2. The van der Waals surface area contributed by atoms with Gasteiger partial charge in [-0.15, -0.1) is 10.2 Å². The van der Waals surface area contributed by atoms with Gasteiger partial charge in [-0.3, -0.25) is 4.79 Å². The van der Waals surface area contributed by atoms with E-state index >= 15 is 0 Å². The Bertz CT molecular complexity index is 1040. The molecule has 2 N–H and O–H groups in total. The van der Waals surface area contributed by atoms with Crippen molar-refractivity contribution in [3.8, 4) is 28.3 Å². The fourth-order valence-electron chi connectivity index (χ4n) is 2.75. The van der Waals surface area contributed by atoms with Crippen LogP contribution < -0.4 is 10.5 Å². The molecule has 1 aliphatic rings. The van der Waals surface area contributed by atoms with Crippen LogP contribution in [0.5, 0.6) is 5.75 Å². The van der Waals surface area contributed by atoms with E-state index in [1.165, 1.54) is 10.9 Å². The molecule has 1 aromatic heterocycles. The second-order valence-electron chi connectivity index (χ2n) is 5.67. The molecule has 9 heteroatoms. The number of nitrogens with two attached hydrogens (primary N) is 1. The molecule has 1 amide bonds. The molecule has 0 saturated heterocycles. The van der Waals surface area contributed by atoms with Crippen LogP contribution in [-0.2, 0) is 11.8 Å². The van der Waals surface area contributed by atoms with Crippen molar-refractivity contribution in [2.45, 2.75) is 6.10 Å². The number of ether oxygens (including phenoxy) is 1. The summed E-state index contributed by atoms with van der Waals surface area (Å²) in [6.07, 6.45) is 1.90. The van der Waals surface area contributed by atoms with Crippen LogP contribution in [0.15, 0.2) is 30.3 Å². The number of carbonyl (C=O) groups excluding carboxylic acids is 1. The second-order valence-corrected chi connectivity index (χ2v) is 6.10. The van der Waals surface area contributed by atoms with Crippen molar-refractivity contribution in [2.75, 3.05) is 0 Å². The third kappa shape index (κ3) is 2.78. The van der Waals surface area contributed by atoms with E-state index < -0.39 is 17.8 Å². The fraction of sp³-hybridized carbons (Fsp3) is 0.118. The number of hydrogen-bond donors (Lipinski definition) is 1. The van der Waals surface area contributed by atoms with Crippen LogP contribution in [-0.4, -0.2) is 32.2 Å². The van der Waals surface area contributed by atoms with Crippen molar-refractivity contribution in [3.05, 3.63) is 53.2 Å². The van der Waals surface area contributed by atoms with Gasteiger partial charge in [-0.2, -0.15) is 4.80 Å². The SMILES string of the molecule is Cn1nnc(-c2c(F)cc(Cl)cc2-c2ccc3c(c2)OC(C(N)=O)[C]3)n1. The molecule has 2 aromatic carbocycles. The Morgan fingerprint density at radius 3 is 2.88 bits per heavy atom. The molecule has 1 unspecified atom stereocenters. The van der Waals surface area contributed by atoms with Crippen LogP contribution >= 0.6 is 11.6 Å². The van der Waals surface area contributed by atoms with Gasteiger partial charge in [0.25, 0.3) is 5.91 Å². The highest BCUT2D eigenvalue weighted by atomic mass is 35.5. The number of tetrazole rings is 1. The van der Waals surface area contributed by atoms with Gasteiger partial charge in [-0.1, -0.05) is 23.7 Å². The minimum Gasteiger partial charge on any atom is -0.479 e. The summed E-state index contributed by atoms with van der Waals surface area (Å²) in [5.74, 6) is -0.660. The molecule has 7 nitrogen and oxygen atoms in total. The lowest BCUT2D eigenvalue weighted by Gasteiger charge is -2.11. The number of aromatic nitrogens is 4. The molecule has 1 aliphatic heterocycles. The Morgan fingerprint density at radius 1 is 1.38 bits per heavy atom. The smallest absolute Gasteiger partial charge is 0.259 e. The van der Waals surface area contributed by atoms with E-state index in [4.69, 9.17) is 22.1 Å². The molecule has 2 radical (unpaired) electrons. The average molecular weight is 372 g/mol. The summed E-state index contributed by atoms with van der Waals surface area (Å²) in [6, 6.07) is 7.90. The molecule has 0 bridgehead atoms. The first-order valence-electron chi connectivity index (χ1n) is 7.53. The van der Waals surface area contributed by atoms with Crippen molar-refractivity contribution in [1.82, 2.24) is 20.2 Å². The minimum atomic E-state index is -0.947. The fourth-order valence-corrected chi connectivity index (χ4v) is 2.95. The van der Waals surface area contributed by atoms with Gasteiger partial charge in [0.05, 0.1) is 19.0 Å². The van der Waals surface area contributed by atoms with E-state index in [1.807, 2.05) is 0 Å². The van der Waals surface area contributed by atoms with Crippen LogP contribution in [0.1, 0.15) is 5.56 Å². The van der Waals surface area contributed by atoms with Gasteiger partial charge in [0.15, 0.2) is 6.10 Å². The maximum atomic E-state index is 14.6. The summed E-state index contributed by atoms with van der Waals surface area (Å²) in [4.78, 5) is 12.5. The van der Waals surface area contributed by atoms with E-state index in [2.05, 4.69) is 21.8 Å². The molecule has 26 heavy (non-hydrogen) atoms. The molecular formula is C17H11ClFN5O2. The standard InChI is InChI=1S/C17H11ClFN5O2/c1-24-22-17(21-23-24)15-11(6-10(18)7-12(15)19)8-2-3-9-5-14(16(20)25)26-13(9)4-8/h2-4,6-7,14H,1H3,(H2,20,25). The van der Waals surface area contributed by atoms with E-state index in [0.717, 1.165) is 0 Å². The van der Waals surface area contributed by atoms with Gasteiger partial charge in [-0.25, -0.2) is 4.39 Å². The zero-order valence-electron chi connectivity index (χ0n) is 13.4. The average Bonchev–Trinajstić information content (AvgIpc) is 3.19. The third-order valence-corrected chi connectivity index (χ3v) is 4.09. The van der Waals surface area contributed by atoms with Crippen molar-refractivity contribution < 1.29 is 13.9 Å². The Labute approximate surface area is 152 Å². The Hall–Kier alpha value is -3.00. The Morgan fingerprint density at radius 2 is 2.19 bits per heavy atom. The number of aryl methyl sites for hydroxylation is 1. The first-order valence-corrected chi connectivity index (χ1v) is 7.90. The number of rotatable bonds is 3. The molecule has 0 aliphatic carbocycles.